The molecule has 1 atom stereocenters. The molecular formula is C25H23NO2S. The van der Waals surface area contributed by atoms with Gasteiger partial charge in [0.2, 0.25) is 0 Å². The molecule has 0 fully saturated rings. The van der Waals surface area contributed by atoms with Crippen molar-refractivity contribution in [2.24, 2.45) is 0 Å². The quantitative estimate of drug-likeness (QED) is 0.466. The third kappa shape index (κ3) is 3.28. The molecule has 4 rings (SSSR count). The molecule has 0 saturated carbocycles. The van der Waals surface area contributed by atoms with E-state index in [1.54, 1.807) is 17.8 Å². The Labute approximate surface area is 175 Å². The van der Waals surface area contributed by atoms with E-state index in [9.17, 15) is 9.59 Å². The minimum Gasteiger partial charge on any atom is -0.269 e. The van der Waals surface area contributed by atoms with Crippen LogP contribution in [0.25, 0.3) is 5.57 Å². The Morgan fingerprint density at radius 2 is 2.00 bits per heavy atom. The van der Waals surface area contributed by atoms with Gasteiger partial charge >= 0.3 is 0 Å². The summed E-state index contributed by atoms with van der Waals surface area (Å²) < 4.78 is 0. The monoisotopic (exact) mass is 401 g/mol. The van der Waals surface area contributed by atoms with Gasteiger partial charge in [0.25, 0.3) is 11.8 Å². The molecule has 1 unspecified atom stereocenters. The summed E-state index contributed by atoms with van der Waals surface area (Å²) in [7, 11) is 0. The lowest BCUT2D eigenvalue weighted by Gasteiger charge is -2.17. The first-order chi connectivity index (χ1) is 14.1. The smallest absolute Gasteiger partial charge is 0.265 e. The SMILES string of the molecule is C=C/C(=C\CC)C1SC=C(c2ccc(N3C(=O)C4=C(CCC=C4)C3=O)cc2)C1=C. The summed E-state index contributed by atoms with van der Waals surface area (Å²) in [5, 5.41) is 2.32. The highest BCUT2D eigenvalue weighted by Gasteiger charge is 2.38. The number of anilines is 1. The Bertz CT molecular complexity index is 1040. The normalized spacial score (nSPS) is 21.8. The Hall–Kier alpha value is -2.85. The Morgan fingerprint density at radius 3 is 2.66 bits per heavy atom. The molecule has 0 radical (unpaired) electrons. The fraction of sp³-hybridized carbons (Fsp3) is 0.200. The lowest BCUT2D eigenvalue weighted by Crippen LogP contribution is -2.31. The molecule has 3 aliphatic rings. The standard InChI is InChI=1S/C25H23NO2S/c1-4-8-17(5-2)23-16(3)22(15-29-23)18-11-13-19(14-12-18)26-24(27)20-9-6-7-10-21(20)25(26)28/h5-6,8-9,11-15,23H,2-4,7,10H2,1H3/b17-8+. The van der Waals surface area contributed by atoms with Gasteiger partial charge < -0.3 is 0 Å². The summed E-state index contributed by atoms with van der Waals surface area (Å²) in [5.74, 6) is -0.420. The van der Waals surface area contributed by atoms with Crippen molar-refractivity contribution >= 4 is 34.8 Å². The van der Waals surface area contributed by atoms with Crippen molar-refractivity contribution in [2.75, 3.05) is 4.90 Å². The van der Waals surface area contributed by atoms with Crippen LogP contribution in [0.2, 0.25) is 0 Å². The third-order valence-corrected chi connectivity index (χ3v) is 6.67. The Kier molecular flexibility index (Phi) is 5.29. The highest BCUT2D eigenvalue weighted by molar-refractivity contribution is 8.03. The molecule has 0 spiro atoms. The summed E-state index contributed by atoms with van der Waals surface area (Å²) in [5.41, 5.74) is 6.14. The highest BCUT2D eigenvalue weighted by Crippen LogP contribution is 2.44. The van der Waals surface area contributed by atoms with E-state index in [1.165, 1.54) is 10.5 Å². The predicted octanol–water partition coefficient (Wildman–Crippen LogP) is 5.74. The topological polar surface area (TPSA) is 37.4 Å². The number of hydrogen-bond acceptors (Lipinski definition) is 3. The van der Waals surface area contributed by atoms with Crippen LogP contribution in [-0.4, -0.2) is 17.1 Å². The van der Waals surface area contributed by atoms with Crippen LogP contribution in [0.4, 0.5) is 5.69 Å². The van der Waals surface area contributed by atoms with E-state index in [-0.39, 0.29) is 17.1 Å². The molecule has 0 N–H and O–H groups in total. The second kappa shape index (κ2) is 7.88. The number of carbonyl (C=O) groups is 2. The molecule has 2 heterocycles. The molecule has 1 aromatic rings. The van der Waals surface area contributed by atoms with E-state index in [0.29, 0.717) is 23.3 Å². The number of hydrogen-bond donors (Lipinski definition) is 0. The van der Waals surface area contributed by atoms with Crippen LogP contribution < -0.4 is 4.90 Å². The van der Waals surface area contributed by atoms with Gasteiger partial charge in [0.15, 0.2) is 0 Å². The van der Waals surface area contributed by atoms with Gasteiger partial charge in [0.1, 0.15) is 0 Å². The number of carbonyl (C=O) groups excluding carboxylic acids is 2. The molecule has 3 nitrogen and oxygen atoms in total. The maximum atomic E-state index is 12.7. The Morgan fingerprint density at radius 1 is 1.24 bits per heavy atom. The zero-order valence-electron chi connectivity index (χ0n) is 16.5. The van der Waals surface area contributed by atoms with E-state index >= 15 is 0 Å². The molecule has 0 aromatic heterocycles. The lowest BCUT2D eigenvalue weighted by molar-refractivity contribution is -0.120. The van der Waals surface area contributed by atoms with Gasteiger partial charge in [-0.3, -0.25) is 9.59 Å². The van der Waals surface area contributed by atoms with E-state index in [0.717, 1.165) is 29.6 Å². The van der Waals surface area contributed by atoms with Gasteiger partial charge in [0.05, 0.1) is 10.9 Å². The van der Waals surface area contributed by atoms with Gasteiger partial charge in [-0.05, 0) is 59.1 Å². The lowest BCUT2D eigenvalue weighted by atomic mass is 9.94. The molecule has 4 heteroatoms. The highest BCUT2D eigenvalue weighted by atomic mass is 32.2. The van der Waals surface area contributed by atoms with Gasteiger partial charge in [-0.2, -0.15) is 0 Å². The van der Waals surface area contributed by atoms with Gasteiger partial charge in [-0.1, -0.05) is 56.5 Å². The second-order valence-electron chi connectivity index (χ2n) is 7.22. The maximum absolute atomic E-state index is 12.7. The molecule has 2 amide bonds. The molecular weight excluding hydrogens is 378 g/mol. The Balaban J connectivity index is 1.55. The van der Waals surface area contributed by atoms with Crippen molar-refractivity contribution in [3.05, 3.63) is 95.0 Å². The first kappa shape index (κ1) is 19.5. The first-order valence-corrected chi connectivity index (χ1v) is 10.8. The van der Waals surface area contributed by atoms with Crippen molar-refractivity contribution in [1.29, 1.82) is 0 Å². The summed E-state index contributed by atoms with van der Waals surface area (Å²) in [6, 6.07) is 7.60. The molecule has 29 heavy (non-hydrogen) atoms. The zero-order valence-corrected chi connectivity index (χ0v) is 17.3. The average Bonchev–Trinajstić information content (AvgIpc) is 3.24. The van der Waals surface area contributed by atoms with Crippen LogP contribution in [-0.2, 0) is 9.59 Å². The van der Waals surface area contributed by atoms with Gasteiger partial charge in [-0.15, -0.1) is 11.8 Å². The predicted molar refractivity (Wildman–Crippen MR) is 121 cm³/mol. The van der Waals surface area contributed by atoms with E-state index in [1.807, 2.05) is 36.4 Å². The minimum atomic E-state index is -0.228. The number of nitrogens with zero attached hydrogens (tertiary/aromatic N) is 1. The summed E-state index contributed by atoms with van der Waals surface area (Å²) in [4.78, 5) is 26.7. The molecule has 1 aromatic carbocycles. The minimum absolute atomic E-state index is 0.187. The van der Waals surface area contributed by atoms with Gasteiger partial charge in [0, 0.05) is 11.1 Å². The number of rotatable bonds is 5. The van der Waals surface area contributed by atoms with Crippen LogP contribution >= 0.6 is 11.8 Å². The number of benzene rings is 1. The van der Waals surface area contributed by atoms with Crippen LogP contribution in [0.5, 0.6) is 0 Å². The number of thioether (sulfide) groups is 1. The second-order valence-corrected chi connectivity index (χ2v) is 8.19. The average molecular weight is 402 g/mol. The van der Waals surface area contributed by atoms with Crippen molar-refractivity contribution in [3.63, 3.8) is 0 Å². The third-order valence-electron chi connectivity index (χ3n) is 5.46. The van der Waals surface area contributed by atoms with Crippen LogP contribution in [0, 0.1) is 0 Å². The number of allylic oxidation sites excluding steroid dienone is 4. The van der Waals surface area contributed by atoms with Crippen LogP contribution in [0.1, 0.15) is 31.7 Å². The van der Waals surface area contributed by atoms with Crippen molar-refractivity contribution in [3.8, 4) is 0 Å². The molecule has 0 saturated heterocycles. The number of amides is 2. The van der Waals surface area contributed by atoms with Crippen molar-refractivity contribution in [1.82, 2.24) is 0 Å². The zero-order chi connectivity index (χ0) is 20.5. The molecule has 1 aliphatic carbocycles. The fourth-order valence-electron chi connectivity index (χ4n) is 3.96. The van der Waals surface area contributed by atoms with Crippen molar-refractivity contribution < 1.29 is 9.59 Å². The van der Waals surface area contributed by atoms with Gasteiger partial charge in [-0.25, -0.2) is 4.90 Å². The number of imide groups is 1. The fourth-order valence-corrected chi connectivity index (χ4v) is 5.16. The summed E-state index contributed by atoms with van der Waals surface area (Å²) in [6.45, 7) is 10.4. The van der Waals surface area contributed by atoms with Crippen LogP contribution in [0.15, 0.2) is 89.4 Å². The van der Waals surface area contributed by atoms with E-state index in [2.05, 4.69) is 31.6 Å². The molecule has 2 aliphatic heterocycles. The molecule has 146 valence electrons. The van der Waals surface area contributed by atoms with E-state index in [4.69, 9.17) is 0 Å². The van der Waals surface area contributed by atoms with Crippen LogP contribution in [0.3, 0.4) is 0 Å². The first-order valence-electron chi connectivity index (χ1n) is 9.83. The maximum Gasteiger partial charge on any atom is 0.265 e. The molecule has 0 bridgehead atoms. The summed E-state index contributed by atoms with van der Waals surface area (Å²) >= 11 is 1.74. The van der Waals surface area contributed by atoms with E-state index < -0.39 is 0 Å². The summed E-state index contributed by atoms with van der Waals surface area (Å²) in [6.07, 6.45) is 10.2. The largest absolute Gasteiger partial charge is 0.269 e. The van der Waals surface area contributed by atoms with Crippen molar-refractivity contribution in [2.45, 2.75) is 31.4 Å².